The first-order valence-electron chi connectivity index (χ1n) is 5.65. The van der Waals surface area contributed by atoms with Gasteiger partial charge in [0.1, 0.15) is 5.78 Å². The third kappa shape index (κ3) is 1.80. The lowest BCUT2D eigenvalue weighted by molar-refractivity contribution is -0.119. The Hall–Kier alpha value is -1.49. The van der Waals surface area contributed by atoms with Crippen LogP contribution in [0.1, 0.15) is 36.6 Å². The molecule has 1 aliphatic carbocycles. The van der Waals surface area contributed by atoms with Crippen molar-refractivity contribution < 1.29 is 9.32 Å². The number of Topliss-reactive ketones (excluding diaryl/α,β-unsaturated/α-hetero) is 1. The summed E-state index contributed by atoms with van der Waals surface area (Å²) in [7, 11) is 0. The van der Waals surface area contributed by atoms with Crippen LogP contribution in [0.5, 0.6) is 0 Å². The fraction of sp³-hybridized carbons (Fsp3) is 0.417. The van der Waals surface area contributed by atoms with Crippen molar-refractivity contribution in [1.29, 1.82) is 0 Å². The van der Waals surface area contributed by atoms with Crippen LogP contribution in [0.4, 0.5) is 0 Å². The molecule has 2 aromatic rings. The maximum atomic E-state index is 11.6. The molecule has 0 aliphatic heterocycles. The smallest absolute Gasteiger partial charge is 0.237 e. The minimum absolute atomic E-state index is 0.171. The van der Waals surface area contributed by atoms with Crippen LogP contribution in [0.25, 0.3) is 11.4 Å². The molecule has 88 valence electrons. The van der Waals surface area contributed by atoms with Crippen LogP contribution in [0, 0.1) is 6.92 Å². The Morgan fingerprint density at radius 2 is 2.35 bits per heavy atom. The van der Waals surface area contributed by atoms with Gasteiger partial charge < -0.3 is 4.52 Å². The molecule has 2 heterocycles. The van der Waals surface area contributed by atoms with Crippen molar-refractivity contribution in [2.24, 2.45) is 0 Å². The number of nitrogens with zero attached hydrogens (tertiary/aromatic N) is 2. The topological polar surface area (TPSA) is 56.0 Å². The van der Waals surface area contributed by atoms with Crippen molar-refractivity contribution in [2.45, 2.75) is 32.1 Å². The fourth-order valence-corrected chi connectivity index (χ4v) is 2.98. The standard InChI is InChI=1S/C12H12N2O2S/c1-7-5-17-6-9(7)11-13-12(16-14-11)8-3-2-4-10(8)15/h5-6,8H,2-4H2,1H3. The van der Waals surface area contributed by atoms with E-state index in [-0.39, 0.29) is 11.7 Å². The van der Waals surface area contributed by atoms with Crippen LogP contribution in [0.15, 0.2) is 15.3 Å². The SMILES string of the molecule is Cc1cscc1-c1noc(C2CCCC2=O)n1. The lowest BCUT2D eigenvalue weighted by atomic mass is 10.1. The van der Waals surface area contributed by atoms with Crippen molar-refractivity contribution in [3.05, 3.63) is 22.2 Å². The molecule has 5 heteroatoms. The molecule has 17 heavy (non-hydrogen) atoms. The van der Waals surface area contributed by atoms with Crippen LogP contribution in [0.3, 0.4) is 0 Å². The average molecular weight is 248 g/mol. The van der Waals surface area contributed by atoms with E-state index in [9.17, 15) is 4.79 Å². The van der Waals surface area contributed by atoms with Gasteiger partial charge in [0.2, 0.25) is 11.7 Å². The number of hydrogen-bond acceptors (Lipinski definition) is 5. The number of aromatic nitrogens is 2. The van der Waals surface area contributed by atoms with Gasteiger partial charge in [-0.1, -0.05) is 5.16 Å². The maximum absolute atomic E-state index is 11.6. The van der Waals surface area contributed by atoms with Gasteiger partial charge in [-0.15, -0.1) is 0 Å². The Morgan fingerprint density at radius 3 is 3.00 bits per heavy atom. The van der Waals surface area contributed by atoms with E-state index in [1.165, 1.54) is 0 Å². The predicted molar refractivity (Wildman–Crippen MR) is 63.9 cm³/mol. The second-order valence-corrected chi connectivity index (χ2v) is 5.08. The van der Waals surface area contributed by atoms with Crippen LogP contribution in [-0.2, 0) is 4.79 Å². The summed E-state index contributed by atoms with van der Waals surface area (Å²) in [5, 5.41) is 8.01. The van der Waals surface area contributed by atoms with Crippen molar-refractivity contribution in [3.63, 3.8) is 0 Å². The molecule has 1 saturated carbocycles. The summed E-state index contributed by atoms with van der Waals surface area (Å²) >= 11 is 1.61. The van der Waals surface area contributed by atoms with Gasteiger partial charge >= 0.3 is 0 Å². The summed E-state index contributed by atoms with van der Waals surface area (Å²) in [6, 6.07) is 0. The first-order chi connectivity index (χ1) is 8.25. The second-order valence-electron chi connectivity index (χ2n) is 4.34. The van der Waals surface area contributed by atoms with E-state index in [1.54, 1.807) is 11.3 Å². The molecule has 0 spiro atoms. The van der Waals surface area contributed by atoms with Gasteiger partial charge in [-0.3, -0.25) is 4.79 Å². The average Bonchev–Trinajstić information content (AvgIpc) is 2.97. The monoisotopic (exact) mass is 248 g/mol. The zero-order valence-corrected chi connectivity index (χ0v) is 10.3. The summed E-state index contributed by atoms with van der Waals surface area (Å²) in [5.41, 5.74) is 2.13. The molecule has 0 aromatic carbocycles. The summed E-state index contributed by atoms with van der Waals surface area (Å²) in [6.07, 6.45) is 2.40. The zero-order chi connectivity index (χ0) is 11.8. The molecule has 1 unspecified atom stereocenters. The normalized spacial score (nSPS) is 20.1. The van der Waals surface area contributed by atoms with Gasteiger partial charge in [-0.25, -0.2) is 0 Å². The number of thiophene rings is 1. The summed E-state index contributed by atoms with van der Waals surface area (Å²) < 4.78 is 5.22. The Balaban J connectivity index is 1.93. The molecule has 4 nitrogen and oxygen atoms in total. The molecule has 1 atom stereocenters. The third-order valence-corrected chi connectivity index (χ3v) is 4.00. The molecule has 1 fully saturated rings. The number of carbonyl (C=O) groups excluding carboxylic acids is 1. The molecule has 2 aromatic heterocycles. The Labute approximate surface area is 103 Å². The molecular weight excluding hydrogens is 236 g/mol. The highest BCUT2D eigenvalue weighted by Crippen LogP contribution is 2.32. The van der Waals surface area contributed by atoms with E-state index in [4.69, 9.17) is 4.52 Å². The van der Waals surface area contributed by atoms with Crippen LogP contribution in [-0.4, -0.2) is 15.9 Å². The van der Waals surface area contributed by atoms with Crippen LogP contribution in [0.2, 0.25) is 0 Å². The van der Waals surface area contributed by atoms with Crippen molar-refractivity contribution in [1.82, 2.24) is 10.1 Å². The van der Waals surface area contributed by atoms with Crippen molar-refractivity contribution in [3.8, 4) is 11.4 Å². The highest BCUT2D eigenvalue weighted by molar-refractivity contribution is 7.08. The molecule has 0 amide bonds. The lowest BCUT2D eigenvalue weighted by Gasteiger charge is -1.98. The number of carbonyl (C=O) groups is 1. The summed E-state index contributed by atoms with van der Waals surface area (Å²) in [6.45, 7) is 2.02. The number of aryl methyl sites for hydroxylation is 1. The number of hydrogen-bond donors (Lipinski definition) is 0. The highest BCUT2D eigenvalue weighted by Gasteiger charge is 2.31. The quantitative estimate of drug-likeness (QED) is 0.820. The van der Waals surface area contributed by atoms with Gasteiger partial charge in [0.25, 0.3) is 0 Å². The van der Waals surface area contributed by atoms with Gasteiger partial charge in [0.15, 0.2) is 0 Å². The Bertz CT molecular complexity index is 558. The second kappa shape index (κ2) is 4.07. The van der Waals surface area contributed by atoms with E-state index in [0.29, 0.717) is 18.1 Å². The molecule has 0 radical (unpaired) electrons. The summed E-state index contributed by atoms with van der Waals surface area (Å²) in [4.78, 5) is 16.0. The molecular formula is C12H12N2O2S. The molecule has 1 aliphatic rings. The van der Waals surface area contributed by atoms with Gasteiger partial charge in [0, 0.05) is 17.4 Å². The molecule has 3 rings (SSSR count). The molecule has 0 saturated heterocycles. The summed E-state index contributed by atoms with van der Waals surface area (Å²) in [5.74, 6) is 1.13. The first-order valence-corrected chi connectivity index (χ1v) is 6.59. The Kier molecular flexibility index (Phi) is 2.55. The fourth-order valence-electron chi connectivity index (χ4n) is 2.15. The van der Waals surface area contributed by atoms with E-state index in [2.05, 4.69) is 10.1 Å². The maximum Gasteiger partial charge on any atom is 0.237 e. The number of ketones is 1. The van der Waals surface area contributed by atoms with Crippen LogP contribution < -0.4 is 0 Å². The lowest BCUT2D eigenvalue weighted by Crippen LogP contribution is -2.04. The van der Waals surface area contributed by atoms with Crippen LogP contribution >= 0.6 is 11.3 Å². The van der Waals surface area contributed by atoms with E-state index in [0.717, 1.165) is 24.0 Å². The Morgan fingerprint density at radius 1 is 1.47 bits per heavy atom. The minimum atomic E-state index is -0.171. The zero-order valence-electron chi connectivity index (χ0n) is 9.47. The minimum Gasteiger partial charge on any atom is -0.338 e. The third-order valence-electron chi connectivity index (χ3n) is 3.14. The predicted octanol–water partition coefficient (Wildman–Crippen LogP) is 2.94. The highest BCUT2D eigenvalue weighted by atomic mass is 32.1. The van der Waals surface area contributed by atoms with Gasteiger partial charge in [-0.05, 0) is 30.7 Å². The van der Waals surface area contributed by atoms with Crippen molar-refractivity contribution in [2.75, 3.05) is 0 Å². The van der Waals surface area contributed by atoms with E-state index < -0.39 is 0 Å². The molecule has 0 bridgehead atoms. The van der Waals surface area contributed by atoms with E-state index in [1.807, 2.05) is 17.7 Å². The van der Waals surface area contributed by atoms with Gasteiger partial charge in [0.05, 0.1) is 5.92 Å². The first kappa shape index (κ1) is 10.7. The largest absolute Gasteiger partial charge is 0.338 e. The van der Waals surface area contributed by atoms with Gasteiger partial charge in [-0.2, -0.15) is 16.3 Å². The van der Waals surface area contributed by atoms with E-state index >= 15 is 0 Å². The molecule has 0 N–H and O–H groups in total. The van der Waals surface area contributed by atoms with Crippen molar-refractivity contribution >= 4 is 17.1 Å². The number of rotatable bonds is 2.